The molecule has 0 aliphatic carbocycles. The molecule has 2 unspecified atom stereocenters. The van der Waals surface area contributed by atoms with Crippen LogP contribution in [0.15, 0.2) is 18.2 Å². The monoisotopic (exact) mass is 285 g/mol. The Bertz CT molecular complexity index is 435. The molecule has 4 nitrogen and oxygen atoms in total. The summed E-state index contributed by atoms with van der Waals surface area (Å²) in [6.45, 7) is 3.82. The largest absolute Gasteiger partial charge is 0.493 e. The summed E-state index contributed by atoms with van der Waals surface area (Å²) in [7, 11) is 3.05. The van der Waals surface area contributed by atoms with Crippen LogP contribution < -0.4 is 14.8 Å². The van der Waals surface area contributed by atoms with Crippen LogP contribution in [-0.4, -0.2) is 31.5 Å². The van der Waals surface area contributed by atoms with Crippen LogP contribution in [-0.2, 0) is 0 Å². The van der Waals surface area contributed by atoms with E-state index in [1.807, 2.05) is 13.8 Å². The van der Waals surface area contributed by atoms with Crippen molar-refractivity contribution in [2.75, 3.05) is 14.2 Å². The zero-order valence-electron chi connectivity index (χ0n) is 11.7. The molecule has 2 atom stereocenters. The average molecular weight is 286 g/mol. The highest BCUT2D eigenvalue weighted by atomic mass is 35.5. The van der Waals surface area contributed by atoms with Gasteiger partial charge < -0.3 is 14.8 Å². The van der Waals surface area contributed by atoms with E-state index in [0.29, 0.717) is 23.5 Å². The van der Waals surface area contributed by atoms with Gasteiger partial charge in [0.05, 0.1) is 19.8 Å². The summed E-state index contributed by atoms with van der Waals surface area (Å²) in [6, 6.07) is 5.20. The number of methoxy groups -OCH3 is 2. The van der Waals surface area contributed by atoms with E-state index in [4.69, 9.17) is 21.1 Å². The first-order valence-corrected chi connectivity index (χ1v) is 6.59. The number of nitrogens with one attached hydrogen (secondary N) is 1. The lowest BCUT2D eigenvalue weighted by atomic mass is 10.1. The molecule has 0 saturated carbocycles. The number of hydrogen-bond acceptors (Lipinski definition) is 3. The highest BCUT2D eigenvalue weighted by Crippen LogP contribution is 2.30. The number of amides is 1. The second kappa shape index (κ2) is 7.24. The minimum atomic E-state index is -0.194. The summed E-state index contributed by atoms with van der Waals surface area (Å²) in [4.78, 5) is 12.2. The van der Waals surface area contributed by atoms with Crippen molar-refractivity contribution in [1.29, 1.82) is 0 Å². The topological polar surface area (TPSA) is 47.6 Å². The van der Waals surface area contributed by atoms with Crippen molar-refractivity contribution in [3.63, 3.8) is 0 Å². The predicted molar refractivity (Wildman–Crippen MR) is 76.4 cm³/mol. The molecule has 0 aliphatic heterocycles. The van der Waals surface area contributed by atoms with E-state index in [9.17, 15) is 4.79 Å². The zero-order chi connectivity index (χ0) is 14.4. The molecular weight excluding hydrogens is 266 g/mol. The lowest BCUT2D eigenvalue weighted by Crippen LogP contribution is -2.34. The molecule has 0 saturated heterocycles. The Morgan fingerprint density at radius 3 is 2.53 bits per heavy atom. The van der Waals surface area contributed by atoms with Crippen molar-refractivity contribution >= 4 is 17.5 Å². The van der Waals surface area contributed by atoms with Crippen LogP contribution in [0.2, 0.25) is 0 Å². The minimum absolute atomic E-state index is 0.00379. The molecule has 19 heavy (non-hydrogen) atoms. The average Bonchev–Trinajstić information content (AvgIpc) is 2.36. The second-order valence-electron chi connectivity index (χ2n) is 4.43. The van der Waals surface area contributed by atoms with Crippen LogP contribution in [0.1, 0.15) is 30.6 Å². The lowest BCUT2D eigenvalue weighted by Gasteiger charge is -2.17. The predicted octanol–water partition coefficient (Wildman–Crippen LogP) is 2.84. The van der Waals surface area contributed by atoms with Crippen LogP contribution in [0.3, 0.4) is 0 Å². The van der Waals surface area contributed by atoms with Gasteiger partial charge in [0, 0.05) is 11.4 Å². The molecule has 0 aromatic heterocycles. The summed E-state index contributed by atoms with van der Waals surface area (Å²) in [5.41, 5.74) is 0.455. The van der Waals surface area contributed by atoms with Gasteiger partial charge in [-0.05, 0) is 32.4 Å². The van der Waals surface area contributed by atoms with Crippen molar-refractivity contribution in [2.24, 2.45) is 0 Å². The van der Waals surface area contributed by atoms with E-state index in [-0.39, 0.29) is 17.3 Å². The number of carbonyl (C=O) groups excluding carboxylic acids is 1. The van der Waals surface area contributed by atoms with Crippen LogP contribution in [0.5, 0.6) is 11.5 Å². The normalized spacial score (nSPS) is 13.5. The molecule has 106 valence electrons. The number of halogens is 1. The Balaban J connectivity index is 2.87. The van der Waals surface area contributed by atoms with Crippen LogP contribution in [0, 0.1) is 0 Å². The molecule has 1 amide bonds. The molecule has 0 aliphatic rings. The van der Waals surface area contributed by atoms with Crippen molar-refractivity contribution < 1.29 is 14.3 Å². The van der Waals surface area contributed by atoms with E-state index in [0.717, 1.165) is 0 Å². The van der Waals surface area contributed by atoms with Crippen LogP contribution >= 0.6 is 11.6 Å². The summed E-state index contributed by atoms with van der Waals surface area (Å²) >= 11 is 5.91. The van der Waals surface area contributed by atoms with Gasteiger partial charge in [0.2, 0.25) is 0 Å². The Hall–Kier alpha value is -1.42. The highest BCUT2D eigenvalue weighted by molar-refractivity contribution is 6.20. The van der Waals surface area contributed by atoms with E-state index in [1.54, 1.807) is 18.2 Å². The molecular formula is C14H20ClNO3. The fourth-order valence-corrected chi connectivity index (χ4v) is 2.18. The molecule has 1 rings (SSSR count). The SMILES string of the molecule is COc1cccc(C(=O)NC(C)CC(C)Cl)c1OC. The summed E-state index contributed by atoms with van der Waals surface area (Å²) < 4.78 is 10.4. The molecule has 0 spiro atoms. The number of carbonyl (C=O) groups is 1. The first-order chi connectivity index (χ1) is 8.99. The van der Waals surface area contributed by atoms with Crippen LogP contribution in [0.4, 0.5) is 0 Å². The van der Waals surface area contributed by atoms with Gasteiger partial charge in [-0.3, -0.25) is 4.79 Å². The van der Waals surface area contributed by atoms with E-state index in [2.05, 4.69) is 5.32 Å². The first kappa shape index (κ1) is 15.6. The molecule has 1 N–H and O–H groups in total. The van der Waals surface area contributed by atoms with Gasteiger partial charge in [0.25, 0.3) is 5.91 Å². The van der Waals surface area contributed by atoms with Gasteiger partial charge in [0.15, 0.2) is 11.5 Å². The molecule has 5 heteroatoms. The number of ether oxygens (including phenoxy) is 2. The Kier molecular flexibility index (Phi) is 5.96. The fourth-order valence-electron chi connectivity index (χ4n) is 1.91. The van der Waals surface area contributed by atoms with E-state index >= 15 is 0 Å². The number of rotatable bonds is 6. The fraction of sp³-hybridized carbons (Fsp3) is 0.500. The van der Waals surface area contributed by atoms with Crippen LogP contribution in [0.25, 0.3) is 0 Å². The molecule has 0 fully saturated rings. The molecule has 0 bridgehead atoms. The Morgan fingerprint density at radius 1 is 1.32 bits per heavy atom. The molecule has 0 radical (unpaired) electrons. The second-order valence-corrected chi connectivity index (χ2v) is 5.18. The number of benzene rings is 1. The summed E-state index contributed by atoms with van der Waals surface area (Å²) in [5, 5.41) is 2.91. The van der Waals surface area contributed by atoms with Gasteiger partial charge in [-0.1, -0.05) is 6.07 Å². The standard InChI is InChI=1S/C14H20ClNO3/c1-9(15)8-10(2)16-14(17)11-6-5-7-12(18-3)13(11)19-4/h5-7,9-10H,8H2,1-4H3,(H,16,17). The third kappa shape index (κ3) is 4.31. The minimum Gasteiger partial charge on any atom is -0.493 e. The van der Waals surface area contributed by atoms with E-state index in [1.165, 1.54) is 14.2 Å². The van der Waals surface area contributed by atoms with Gasteiger partial charge >= 0.3 is 0 Å². The summed E-state index contributed by atoms with van der Waals surface area (Å²) in [6.07, 6.45) is 0.708. The Morgan fingerprint density at radius 2 is 2.00 bits per heavy atom. The molecule has 0 heterocycles. The van der Waals surface area contributed by atoms with Crippen molar-refractivity contribution in [3.8, 4) is 11.5 Å². The van der Waals surface area contributed by atoms with Gasteiger partial charge in [-0.15, -0.1) is 11.6 Å². The summed E-state index contributed by atoms with van der Waals surface area (Å²) in [5.74, 6) is 0.780. The Labute approximate surface area is 119 Å². The number of para-hydroxylation sites is 1. The third-order valence-electron chi connectivity index (χ3n) is 2.70. The maximum absolute atomic E-state index is 12.2. The molecule has 1 aromatic rings. The number of alkyl halides is 1. The smallest absolute Gasteiger partial charge is 0.255 e. The molecule has 1 aromatic carbocycles. The maximum atomic E-state index is 12.2. The maximum Gasteiger partial charge on any atom is 0.255 e. The van der Waals surface area contributed by atoms with Crippen molar-refractivity contribution in [1.82, 2.24) is 5.32 Å². The first-order valence-electron chi connectivity index (χ1n) is 6.15. The van der Waals surface area contributed by atoms with Crippen molar-refractivity contribution in [2.45, 2.75) is 31.7 Å². The van der Waals surface area contributed by atoms with Gasteiger partial charge in [-0.2, -0.15) is 0 Å². The highest BCUT2D eigenvalue weighted by Gasteiger charge is 2.18. The number of hydrogen-bond donors (Lipinski definition) is 1. The van der Waals surface area contributed by atoms with E-state index < -0.39 is 0 Å². The lowest BCUT2D eigenvalue weighted by molar-refractivity contribution is 0.0935. The third-order valence-corrected chi connectivity index (χ3v) is 2.88. The van der Waals surface area contributed by atoms with Crippen molar-refractivity contribution in [3.05, 3.63) is 23.8 Å². The quantitative estimate of drug-likeness (QED) is 0.818. The van der Waals surface area contributed by atoms with Gasteiger partial charge in [0.1, 0.15) is 0 Å². The zero-order valence-corrected chi connectivity index (χ0v) is 12.5. The van der Waals surface area contributed by atoms with Gasteiger partial charge in [-0.25, -0.2) is 0 Å².